The van der Waals surface area contributed by atoms with Crippen molar-refractivity contribution in [2.24, 2.45) is 0 Å². The maximum absolute atomic E-state index is 13.3. The Hall–Kier alpha value is -2.29. The van der Waals surface area contributed by atoms with Crippen molar-refractivity contribution < 1.29 is 18.8 Å². The lowest BCUT2D eigenvalue weighted by molar-refractivity contribution is -0.117. The zero-order chi connectivity index (χ0) is 18.5. The SMILES string of the molecule is Cc1cc(NC(=O)CN2CCN(C[C@@H](O)c3cccc(F)c3)CC2)no1. The summed E-state index contributed by atoms with van der Waals surface area (Å²) in [5.74, 6) is 0.585. The lowest BCUT2D eigenvalue weighted by atomic mass is 10.1. The number of carbonyl (C=O) groups is 1. The molecule has 2 heterocycles. The monoisotopic (exact) mass is 362 g/mol. The number of aliphatic hydroxyl groups is 1. The van der Waals surface area contributed by atoms with Gasteiger partial charge in [0, 0.05) is 38.8 Å². The molecule has 1 aliphatic heterocycles. The van der Waals surface area contributed by atoms with Crippen molar-refractivity contribution in [1.82, 2.24) is 15.0 Å². The minimum absolute atomic E-state index is 0.133. The molecule has 0 saturated carbocycles. The quantitative estimate of drug-likeness (QED) is 0.809. The molecule has 1 aliphatic rings. The van der Waals surface area contributed by atoms with Gasteiger partial charge in [0.1, 0.15) is 11.6 Å². The molecule has 1 aromatic carbocycles. The second-order valence-corrected chi connectivity index (χ2v) is 6.52. The molecule has 3 rings (SSSR count). The van der Waals surface area contributed by atoms with E-state index in [4.69, 9.17) is 4.52 Å². The van der Waals surface area contributed by atoms with Crippen LogP contribution in [0.25, 0.3) is 0 Å². The van der Waals surface area contributed by atoms with Crippen LogP contribution in [0.3, 0.4) is 0 Å². The first kappa shape index (κ1) is 18.5. The number of aliphatic hydroxyl groups excluding tert-OH is 1. The number of halogens is 1. The average Bonchev–Trinajstić information content (AvgIpc) is 3.01. The largest absolute Gasteiger partial charge is 0.387 e. The molecule has 0 unspecified atom stereocenters. The first-order chi connectivity index (χ1) is 12.5. The first-order valence-electron chi connectivity index (χ1n) is 8.61. The highest BCUT2D eigenvalue weighted by molar-refractivity contribution is 5.91. The molecule has 26 heavy (non-hydrogen) atoms. The van der Waals surface area contributed by atoms with Gasteiger partial charge in [-0.2, -0.15) is 0 Å². The molecule has 1 saturated heterocycles. The third-order valence-corrected chi connectivity index (χ3v) is 4.39. The summed E-state index contributed by atoms with van der Waals surface area (Å²) < 4.78 is 18.2. The Morgan fingerprint density at radius 1 is 1.31 bits per heavy atom. The predicted molar refractivity (Wildman–Crippen MR) is 94.1 cm³/mol. The number of rotatable bonds is 6. The van der Waals surface area contributed by atoms with Crippen LogP contribution in [0.15, 0.2) is 34.9 Å². The summed E-state index contributed by atoms with van der Waals surface area (Å²) >= 11 is 0. The average molecular weight is 362 g/mol. The van der Waals surface area contributed by atoms with Crippen LogP contribution in [0.1, 0.15) is 17.4 Å². The molecule has 0 aliphatic carbocycles. The van der Waals surface area contributed by atoms with E-state index in [1.165, 1.54) is 12.1 Å². The topological polar surface area (TPSA) is 81.8 Å². The molecule has 0 radical (unpaired) electrons. The minimum atomic E-state index is -0.726. The number of piperazine rings is 1. The number of β-amino-alcohol motifs (C(OH)–C–C–N with tert-alkyl or cyclic N) is 1. The molecule has 0 spiro atoms. The molecular formula is C18H23FN4O3. The van der Waals surface area contributed by atoms with Crippen molar-refractivity contribution in [2.45, 2.75) is 13.0 Å². The molecule has 140 valence electrons. The molecular weight excluding hydrogens is 339 g/mol. The van der Waals surface area contributed by atoms with Crippen molar-refractivity contribution in [3.63, 3.8) is 0 Å². The van der Waals surface area contributed by atoms with Gasteiger partial charge in [-0.1, -0.05) is 17.3 Å². The normalized spacial score (nSPS) is 17.2. The molecule has 1 aromatic heterocycles. The number of hydrogen-bond donors (Lipinski definition) is 2. The predicted octanol–water partition coefficient (Wildman–Crippen LogP) is 1.41. The van der Waals surface area contributed by atoms with Gasteiger partial charge >= 0.3 is 0 Å². The fraction of sp³-hybridized carbons (Fsp3) is 0.444. The van der Waals surface area contributed by atoms with Crippen LogP contribution in [0.2, 0.25) is 0 Å². The van der Waals surface area contributed by atoms with Crippen molar-refractivity contribution in [2.75, 3.05) is 44.6 Å². The number of nitrogens with zero attached hydrogens (tertiary/aromatic N) is 3. The maximum Gasteiger partial charge on any atom is 0.239 e. The number of nitrogens with one attached hydrogen (secondary N) is 1. The summed E-state index contributed by atoms with van der Waals surface area (Å²) in [6.45, 7) is 5.42. The standard InChI is InChI=1S/C18H23FN4O3/c1-13-9-17(21-26-13)20-18(25)12-23-7-5-22(6-8-23)11-16(24)14-3-2-4-15(19)10-14/h2-4,9-10,16,24H,5-8,11-12H2,1H3,(H,20,21,25)/t16-/m1/s1. The van der Waals surface area contributed by atoms with E-state index >= 15 is 0 Å². The number of aryl methyl sites for hydroxylation is 1. The zero-order valence-corrected chi connectivity index (χ0v) is 14.7. The van der Waals surface area contributed by atoms with Crippen LogP contribution in [0.4, 0.5) is 10.2 Å². The molecule has 7 nitrogen and oxygen atoms in total. The second kappa shape index (κ2) is 8.39. The van der Waals surface area contributed by atoms with Gasteiger partial charge in [-0.25, -0.2) is 4.39 Å². The highest BCUT2D eigenvalue weighted by Gasteiger charge is 2.21. The Labute approximate surface area is 151 Å². The van der Waals surface area contributed by atoms with Gasteiger partial charge < -0.3 is 14.9 Å². The Kier molecular flexibility index (Phi) is 5.97. The zero-order valence-electron chi connectivity index (χ0n) is 14.7. The van der Waals surface area contributed by atoms with Crippen molar-refractivity contribution in [1.29, 1.82) is 0 Å². The fourth-order valence-corrected chi connectivity index (χ4v) is 3.00. The Balaban J connectivity index is 1.41. The summed E-state index contributed by atoms with van der Waals surface area (Å²) in [5, 5.41) is 16.7. The summed E-state index contributed by atoms with van der Waals surface area (Å²) in [6.07, 6.45) is -0.726. The van der Waals surface area contributed by atoms with Gasteiger partial charge in [0.2, 0.25) is 5.91 Å². The molecule has 1 fully saturated rings. The number of carbonyl (C=O) groups excluding carboxylic acids is 1. The fourth-order valence-electron chi connectivity index (χ4n) is 3.00. The van der Waals surface area contributed by atoms with E-state index in [0.717, 1.165) is 26.2 Å². The van der Waals surface area contributed by atoms with Gasteiger partial charge in [0.25, 0.3) is 0 Å². The second-order valence-electron chi connectivity index (χ2n) is 6.52. The van der Waals surface area contributed by atoms with E-state index in [9.17, 15) is 14.3 Å². The number of aromatic nitrogens is 1. The maximum atomic E-state index is 13.3. The summed E-state index contributed by atoms with van der Waals surface area (Å²) in [5.41, 5.74) is 0.578. The third kappa shape index (κ3) is 5.10. The summed E-state index contributed by atoms with van der Waals surface area (Å²) in [4.78, 5) is 16.2. The lowest BCUT2D eigenvalue weighted by Gasteiger charge is -2.35. The van der Waals surface area contributed by atoms with E-state index in [0.29, 0.717) is 23.7 Å². The van der Waals surface area contributed by atoms with Crippen molar-refractivity contribution in [3.05, 3.63) is 47.5 Å². The van der Waals surface area contributed by atoms with Gasteiger partial charge in [-0.15, -0.1) is 0 Å². The van der Waals surface area contributed by atoms with Gasteiger partial charge in [-0.05, 0) is 24.6 Å². The van der Waals surface area contributed by atoms with E-state index in [1.807, 2.05) is 4.90 Å². The van der Waals surface area contributed by atoms with Crippen LogP contribution in [-0.4, -0.2) is 65.2 Å². The van der Waals surface area contributed by atoms with Gasteiger partial charge in [-0.3, -0.25) is 14.6 Å². The third-order valence-electron chi connectivity index (χ3n) is 4.39. The van der Waals surface area contributed by atoms with Crippen LogP contribution in [0.5, 0.6) is 0 Å². The minimum Gasteiger partial charge on any atom is -0.387 e. The number of benzene rings is 1. The van der Waals surface area contributed by atoms with Crippen LogP contribution in [0, 0.1) is 12.7 Å². The lowest BCUT2D eigenvalue weighted by Crippen LogP contribution is -2.49. The van der Waals surface area contributed by atoms with E-state index < -0.39 is 6.10 Å². The van der Waals surface area contributed by atoms with Gasteiger partial charge in [0.05, 0.1) is 12.6 Å². The molecule has 2 N–H and O–H groups in total. The first-order valence-corrected chi connectivity index (χ1v) is 8.61. The highest BCUT2D eigenvalue weighted by atomic mass is 19.1. The number of amides is 1. The van der Waals surface area contributed by atoms with Gasteiger partial charge in [0.15, 0.2) is 5.82 Å². The van der Waals surface area contributed by atoms with Crippen molar-refractivity contribution >= 4 is 11.7 Å². The van der Waals surface area contributed by atoms with E-state index in [-0.39, 0.29) is 18.3 Å². The molecule has 8 heteroatoms. The number of hydrogen-bond acceptors (Lipinski definition) is 6. The molecule has 0 bridgehead atoms. The summed E-state index contributed by atoms with van der Waals surface area (Å²) in [6, 6.07) is 7.71. The Bertz CT molecular complexity index is 744. The van der Waals surface area contributed by atoms with E-state index in [2.05, 4.69) is 15.4 Å². The Morgan fingerprint density at radius 2 is 2.04 bits per heavy atom. The Morgan fingerprint density at radius 3 is 2.69 bits per heavy atom. The molecule has 1 atom stereocenters. The number of anilines is 1. The van der Waals surface area contributed by atoms with Crippen LogP contribution in [-0.2, 0) is 4.79 Å². The molecule has 2 aromatic rings. The van der Waals surface area contributed by atoms with E-state index in [1.54, 1.807) is 25.1 Å². The molecule has 1 amide bonds. The van der Waals surface area contributed by atoms with Crippen LogP contribution >= 0.6 is 0 Å². The van der Waals surface area contributed by atoms with Crippen molar-refractivity contribution in [3.8, 4) is 0 Å². The summed E-state index contributed by atoms with van der Waals surface area (Å²) in [7, 11) is 0. The highest BCUT2D eigenvalue weighted by Crippen LogP contribution is 2.16. The smallest absolute Gasteiger partial charge is 0.239 e. The van der Waals surface area contributed by atoms with Crippen LogP contribution < -0.4 is 5.32 Å².